The molecule has 8 N–H and O–H groups in total. The van der Waals surface area contributed by atoms with E-state index < -0.39 is 41.9 Å². The number of aryl methyl sites for hydroxylation is 1. The van der Waals surface area contributed by atoms with E-state index in [0.717, 1.165) is 4.90 Å². The standard InChI is InChI=1S/C23H30N6O7/c1-13-10-21(34)36-17-11-14(7-8-15(13)17)29(19(31)5-2-6-20(32)33)16(4-3-9-27-23(25)26)22(35)28-18(30)12-24/h7-8,10-11,16H,2-6,9,12,24H2,1H3,(H,32,33)(H4,25,26,27)(H,28,30,35)/t16-/m0/s1. The van der Waals surface area contributed by atoms with Crippen LogP contribution in [-0.2, 0) is 19.2 Å². The first-order valence-electron chi connectivity index (χ1n) is 11.2. The molecule has 0 radical (unpaired) electrons. The lowest BCUT2D eigenvalue weighted by atomic mass is 10.0. The summed E-state index contributed by atoms with van der Waals surface area (Å²) in [7, 11) is 0. The number of nitrogens with one attached hydrogen (secondary N) is 1. The van der Waals surface area contributed by atoms with Gasteiger partial charge in [0.15, 0.2) is 5.96 Å². The van der Waals surface area contributed by atoms with Crippen LogP contribution in [0.2, 0.25) is 0 Å². The van der Waals surface area contributed by atoms with Crippen molar-refractivity contribution >= 4 is 46.3 Å². The molecular formula is C23H30N6O7. The van der Waals surface area contributed by atoms with Crippen molar-refractivity contribution in [1.82, 2.24) is 5.32 Å². The van der Waals surface area contributed by atoms with Crippen LogP contribution in [0.3, 0.4) is 0 Å². The molecular weight excluding hydrogens is 472 g/mol. The van der Waals surface area contributed by atoms with Crippen LogP contribution in [0.25, 0.3) is 11.0 Å². The van der Waals surface area contributed by atoms with Crippen molar-refractivity contribution in [2.24, 2.45) is 22.2 Å². The van der Waals surface area contributed by atoms with Gasteiger partial charge in [-0.1, -0.05) is 0 Å². The van der Waals surface area contributed by atoms with Crippen molar-refractivity contribution in [3.05, 3.63) is 40.2 Å². The van der Waals surface area contributed by atoms with Gasteiger partial charge in [-0.2, -0.15) is 0 Å². The second-order valence-corrected chi connectivity index (χ2v) is 8.02. The normalized spacial score (nSPS) is 11.5. The molecule has 13 nitrogen and oxygen atoms in total. The van der Waals surface area contributed by atoms with Gasteiger partial charge in [0, 0.05) is 42.6 Å². The van der Waals surface area contributed by atoms with Gasteiger partial charge >= 0.3 is 11.6 Å². The van der Waals surface area contributed by atoms with Crippen molar-refractivity contribution in [3.63, 3.8) is 0 Å². The molecule has 2 aromatic rings. The predicted molar refractivity (Wildman–Crippen MR) is 132 cm³/mol. The van der Waals surface area contributed by atoms with Crippen molar-refractivity contribution < 1.29 is 28.7 Å². The Labute approximate surface area is 206 Å². The van der Waals surface area contributed by atoms with Gasteiger partial charge in [-0.05, 0) is 43.9 Å². The lowest BCUT2D eigenvalue weighted by molar-refractivity contribution is -0.137. The molecule has 36 heavy (non-hydrogen) atoms. The molecule has 1 aromatic carbocycles. The molecule has 1 aromatic heterocycles. The number of imide groups is 1. The third-order valence-corrected chi connectivity index (χ3v) is 5.26. The number of carboxylic acids is 1. The van der Waals surface area contributed by atoms with E-state index >= 15 is 0 Å². The topological polar surface area (TPSA) is 224 Å². The quantitative estimate of drug-likeness (QED) is 0.110. The molecule has 0 unspecified atom stereocenters. The number of nitrogens with two attached hydrogens (primary N) is 3. The molecule has 194 valence electrons. The second-order valence-electron chi connectivity index (χ2n) is 8.02. The summed E-state index contributed by atoms with van der Waals surface area (Å²) in [6.45, 7) is 1.44. The smallest absolute Gasteiger partial charge is 0.336 e. The van der Waals surface area contributed by atoms with Crippen LogP contribution in [0.4, 0.5) is 5.69 Å². The molecule has 0 spiro atoms. The number of anilines is 1. The Balaban J connectivity index is 2.54. The average molecular weight is 503 g/mol. The number of aliphatic imine (C=N–C) groups is 1. The number of fused-ring (bicyclic) bond motifs is 1. The van der Waals surface area contributed by atoms with E-state index in [1.165, 1.54) is 12.1 Å². The van der Waals surface area contributed by atoms with Crippen LogP contribution < -0.4 is 33.0 Å². The highest BCUT2D eigenvalue weighted by Gasteiger charge is 2.32. The number of carboxylic acid groups (broad SMARTS) is 1. The van der Waals surface area contributed by atoms with E-state index in [2.05, 4.69) is 10.3 Å². The van der Waals surface area contributed by atoms with Gasteiger partial charge in [0.2, 0.25) is 17.7 Å². The first kappa shape index (κ1) is 28.0. The van der Waals surface area contributed by atoms with Gasteiger partial charge in [0.1, 0.15) is 11.6 Å². The monoisotopic (exact) mass is 502 g/mol. The molecule has 1 heterocycles. The number of aliphatic carboxylic acids is 1. The highest BCUT2D eigenvalue weighted by atomic mass is 16.4. The number of carbonyl (C=O) groups excluding carboxylic acids is 3. The second kappa shape index (κ2) is 13.0. The molecule has 3 amide bonds. The van der Waals surface area contributed by atoms with E-state index in [1.54, 1.807) is 19.1 Å². The molecule has 0 aliphatic carbocycles. The molecule has 0 saturated heterocycles. The number of nitrogens with zero attached hydrogens (tertiary/aromatic N) is 2. The molecule has 0 fully saturated rings. The lowest BCUT2D eigenvalue weighted by Gasteiger charge is -2.31. The Kier molecular flexibility index (Phi) is 10.1. The molecule has 0 aliphatic heterocycles. The van der Waals surface area contributed by atoms with Crippen LogP contribution in [0.15, 0.2) is 38.5 Å². The Morgan fingerprint density at radius 1 is 1.14 bits per heavy atom. The summed E-state index contributed by atoms with van der Waals surface area (Å²) in [6, 6.07) is 4.79. The minimum atomic E-state index is -1.19. The number of carbonyl (C=O) groups is 4. The Morgan fingerprint density at radius 3 is 2.50 bits per heavy atom. The van der Waals surface area contributed by atoms with Crippen molar-refractivity contribution in [2.45, 2.75) is 45.1 Å². The number of benzene rings is 1. The zero-order chi connectivity index (χ0) is 26.8. The van der Waals surface area contributed by atoms with Gasteiger partial charge in [-0.25, -0.2) is 4.79 Å². The van der Waals surface area contributed by atoms with Crippen molar-refractivity contribution in [3.8, 4) is 0 Å². The highest BCUT2D eigenvalue weighted by Crippen LogP contribution is 2.27. The van der Waals surface area contributed by atoms with E-state index in [1.807, 2.05) is 0 Å². The molecule has 0 aliphatic rings. The maximum absolute atomic E-state index is 13.3. The van der Waals surface area contributed by atoms with E-state index in [0.29, 0.717) is 10.9 Å². The first-order valence-corrected chi connectivity index (χ1v) is 11.2. The van der Waals surface area contributed by atoms with Crippen molar-refractivity contribution in [2.75, 3.05) is 18.0 Å². The fourth-order valence-corrected chi connectivity index (χ4v) is 3.61. The minimum Gasteiger partial charge on any atom is -0.481 e. The van der Waals surface area contributed by atoms with Gasteiger partial charge in [-0.3, -0.25) is 34.4 Å². The fourth-order valence-electron chi connectivity index (χ4n) is 3.61. The maximum Gasteiger partial charge on any atom is 0.336 e. The third-order valence-electron chi connectivity index (χ3n) is 5.26. The SMILES string of the molecule is Cc1cc(=O)oc2cc(N(C(=O)CCCC(=O)O)[C@@H](CCCN=C(N)N)C(=O)NC(=O)CN)ccc12. The van der Waals surface area contributed by atoms with Crippen LogP contribution in [0.1, 0.15) is 37.7 Å². The van der Waals surface area contributed by atoms with Crippen molar-refractivity contribution in [1.29, 1.82) is 0 Å². The van der Waals surface area contributed by atoms with Gasteiger partial charge in [-0.15, -0.1) is 0 Å². The van der Waals surface area contributed by atoms with Gasteiger partial charge < -0.3 is 26.7 Å². The van der Waals surface area contributed by atoms with Crippen LogP contribution in [0.5, 0.6) is 0 Å². The number of rotatable bonds is 12. The Bertz CT molecular complexity index is 1220. The zero-order valence-corrected chi connectivity index (χ0v) is 19.9. The summed E-state index contributed by atoms with van der Waals surface area (Å²) in [5.41, 5.74) is 16.5. The number of hydrogen-bond donors (Lipinski definition) is 5. The van der Waals surface area contributed by atoms with Crippen LogP contribution in [-0.4, -0.2) is 53.9 Å². The molecule has 0 saturated carbocycles. The molecule has 13 heteroatoms. The zero-order valence-electron chi connectivity index (χ0n) is 19.9. The molecule has 0 bridgehead atoms. The highest BCUT2D eigenvalue weighted by molar-refractivity contribution is 6.06. The van der Waals surface area contributed by atoms with Crippen LogP contribution >= 0.6 is 0 Å². The summed E-state index contributed by atoms with van der Waals surface area (Å²) in [6.07, 6.45) is -0.0894. The minimum absolute atomic E-state index is 0.0243. The summed E-state index contributed by atoms with van der Waals surface area (Å²) in [5.74, 6) is -3.30. The number of hydrogen-bond acceptors (Lipinski definition) is 8. The number of amides is 3. The van der Waals surface area contributed by atoms with E-state index in [-0.39, 0.29) is 55.9 Å². The van der Waals surface area contributed by atoms with Gasteiger partial charge in [0.25, 0.3) is 0 Å². The van der Waals surface area contributed by atoms with Gasteiger partial charge in [0.05, 0.1) is 6.54 Å². The summed E-state index contributed by atoms with van der Waals surface area (Å²) < 4.78 is 5.28. The number of guanidine groups is 1. The van der Waals surface area contributed by atoms with E-state index in [9.17, 15) is 24.0 Å². The Hall–Kier alpha value is -4.26. The molecule has 1 atom stereocenters. The van der Waals surface area contributed by atoms with Crippen LogP contribution in [0, 0.1) is 6.92 Å². The lowest BCUT2D eigenvalue weighted by Crippen LogP contribution is -2.52. The fraction of sp³-hybridized carbons (Fsp3) is 0.391. The Morgan fingerprint density at radius 2 is 1.86 bits per heavy atom. The largest absolute Gasteiger partial charge is 0.481 e. The van der Waals surface area contributed by atoms with E-state index in [4.69, 9.17) is 26.7 Å². The maximum atomic E-state index is 13.3. The summed E-state index contributed by atoms with van der Waals surface area (Å²) in [5, 5.41) is 11.7. The average Bonchev–Trinajstić information content (AvgIpc) is 2.79. The predicted octanol–water partition coefficient (Wildman–Crippen LogP) is -0.287. The first-order chi connectivity index (χ1) is 17.0. The third kappa shape index (κ3) is 7.91. The summed E-state index contributed by atoms with van der Waals surface area (Å²) in [4.78, 5) is 66.1. The summed E-state index contributed by atoms with van der Waals surface area (Å²) >= 11 is 0. The molecule has 2 rings (SSSR count).